The fourth-order valence-corrected chi connectivity index (χ4v) is 8.64. The number of rotatable bonds is 3. The Balaban J connectivity index is 1.61. The number of nitrogens with zero attached hydrogens (tertiary/aromatic N) is 1. The van der Waals surface area contributed by atoms with Crippen molar-refractivity contribution in [2.24, 2.45) is 23.7 Å². The van der Waals surface area contributed by atoms with Gasteiger partial charge in [0, 0.05) is 11.8 Å². The largest absolute Gasteiger partial charge is 0.373 e. The number of halogens is 6. The van der Waals surface area contributed by atoms with Gasteiger partial charge in [-0.25, -0.2) is 0 Å². The van der Waals surface area contributed by atoms with Crippen molar-refractivity contribution >= 4 is 81.4 Å². The summed E-state index contributed by atoms with van der Waals surface area (Å²) in [5.41, 5.74) is 0. The maximum atomic E-state index is 12.9. The number of imide groups is 1. The number of allylic oxidation sites excluding steroid dienone is 2. The van der Waals surface area contributed by atoms with E-state index >= 15 is 0 Å². The Morgan fingerprint density at radius 3 is 1.81 bits per heavy atom. The van der Waals surface area contributed by atoms with Crippen molar-refractivity contribution in [2.45, 2.75) is 39.6 Å². The normalized spacial score (nSPS) is 51.6. The van der Waals surface area contributed by atoms with E-state index in [1.807, 2.05) is 6.92 Å². The van der Waals surface area contributed by atoms with Gasteiger partial charge < -0.3 is 4.74 Å². The zero-order valence-corrected chi connectivity index (χ0v) is 18.3. The average Bonchev–Trinajstić information content (AvgIpc) is 3.31. The van der Waals surface area contributed by atoms with E-state index in [2.05, 4.69) is 0 Å². The summed E-state index contributed by atoms with van der Waals surface area (Å²) in [6.07, 6.45) is -0.748. The van der Waals surface area contributed by atoms with Gasteiger partial charge in [-0.2, -0.15) is 5.06 Å². The van der Waals surface area contributed by atoms with Gasteiger partial charge in [-0.3, -0.25) is 14.4 Å². The van der Waals surface area contributed by atoms with Gasteiger partial charge in [0.05, 0.1) is 40.7 Å². The van der Waals surface area contributed by atoms with Crippen LogP contribution in [-0.2, 0) is 19.2 Å². The number of alkyl halides is 4. The van der Waals surface area contributed by atoms with Crippen LogP contribution in [0.3, 0.4) is 0 Å². The molecule has 0 spiro atoms. The molecule has 3 aliphatic heterocycles. The topological polar surface area (TPSA) is 55.8 Å². The van der Waals surface area contributed by atoms with Crippen molar-refractivity contribution in [3.63, 3.8) is 0 Å². The van der Waals surface area contributed by atoms with Gasteiger partial charge in [0.1, 0.15) is 9.75 Å². The van der Waals surface area contributed by atoms with Crippen LogP contribution in [0.1, 0.15) is 13.3 Å². The van der Waals surface area contributed by atoms with Crippen LogP contribution < -0.4 is 0 Å². The Morgan fingerprint density at radius 1 is 0.963 bits per heavy atom. The molecule has 3 heterocycles. The molecule has 5 aliphatic rings. The molecule has 0 aromatic rings. The number of hydrogen-bond acceptors (Lipinski definition) is 4. The van der Waals surface area contributed by atoms with Gasteiger partial charge in [0.15, 0.2) is 4.33 Å². The molecule has 2 aliphatic carbocycles. The Labute approximate surface area is 185 Å². The third-order valence-electron chi connectivity index (χ3n) is 6.56. The predicted octanol–water partition coefficient (Wildman–Crippen LogP) is 3.79. The van der Waals surface area contributed by atoms with Crippen molar-refractivity contribution in [1.82, 2.24) is 5.06 Å². The van der Waals surface area contributed by atoms with E-state index in [4.69, 9.17) is 79.2 Å². The minimum atomic E-state index is -1.71. The van der Waals surface area contributed by atoms with Crippen LogP contribution in [0.2, 0.25) is 0 Å². The van der Waals surface area contributed by atoms with E-state index in [9.17, 15) is 9.59 Å². The van der Waals surface area contributed by atoms with E-state index in [0.29, 0.717) is 6.42 Å². The Hall–Kier alpha value is 0.540. The molecule has 5 rings (SSSR count). The number of fused-ring (bicyclic) bond motifs is 12. The average molecular weight is 496 g/mol. The molecule has 2 amide bonds. The van der Waals surface area contributed by atoms with Gasteiger partial charge in [-0.1, -0.05) is 53.3 Å². The number of ether oxygens (including phenoxy) is 1. The van der Waals surface area contributed by atoms with E-state index in [-0.39, 0.29) is 16.7 Å². The first-order valence-corrected chi connectivity index (χ1v) is 10.8. The van der Waals surface area contributed by atoms with Crippen LogP contribution >= 0.6 is 69.6 Å². The maximum absolute atomic E-state index is 12.9. The van der Waals surface area contributed by atoms with Crippen LogP contribution in [0.4, 0.5) is 0 Å². The number of hydrogen-bond donors (Lipinski definition) is 0. The second-order valence-electron chi connectivity index (χ2n) is 7.60. The minimum absolute atomic E-state index is 0.0654. The van der Waals surface area contributed by atoms with E-state index in [1.165, 1.54) is 0 Å². The molecule has 27 heavy (non-hydrogen) atoms. The zero-order chi connectivity index (χ0) is 19.7. The molecule has 8 unspecified atom stereocenters. The fraction of sp³-hybridized carbons (Fsp3) is 0.750. The van der Waals surface area contributed by atoms with E-state index in [1.54, 1.807) is 0 Å². The highest BCUT2D eigenvalue weighted by atomic mass is 35.5. The molecule has 8 atom stereocenters. The Morgan fingerprint density at radius 2 is 1.41 bits per heavy atom. The predicted molar refractivity (Wildman–Crippen MR) is 101 cm³/mol. The molecular formula is C16H13Cl6NO4. The molecule has 4 bridgehead atoms. The third kappa shape index (κ3) is 1.79. The summed E-state index contributed by atoms with van der Waals surface area (Å²) in [7, 11) is 0. The molecule has 1 saturated carbocycles. The van der Waals surface area contributed by atoms with Gasteiger partial charge in [0.25, 0.3) is 11.8 Å². The van der Waals surface area contributed by atoms with Crippen molar-refractivity contribution in [3.05, 3.63) is 10.1 Å². The molecule has 0 aromatic heterocycles. The summed E-state index contributed by atoms with van der Waals surface area (Å²) in [6.45, 7) is 2.13. The highest BCUT2D eigenvalue weighted by molar-refractivity contribution is 6.65. The lowest BCUT2D eigenvalue weighted by atomic mass is 9.65. The minimum Gasteiger partial charge on any atom is -0.373 e. The number of hydroxylamine groups is 2. The summed E-state index contributed by atoms with van der Waals surface area (Å²) < 4.78 is 4.33. The van der Waals surface area contributed by atoms with Crippen LogP contribution in [0.15, 0.2) is 10.1 Å². The molecular weight excluding hydrogens is 483 g/mol. The van der Waals surface area contributed by atoms with Crippen LogP contribution in [-0.4, -0.2) is 49.8 Å². The van der Waals surface area contributed by atoms with Gasteiger partial charge >= 0.3 is 0 Å². The zero-order valence-electron chi connectivity index (χ0n) is 13.7. The summed E-state index contributed by atoms with van der Waals surface area (Å²) in [5.74, 6) is -3.48. The Kier molecular flexibility index (Phi) is 4.05. The lowest BCUT2D eigenvalue weighted by Gasteiger charge is -2.39. The summed E-state index contributed by atoms with van der Waals surface area (Å²) >= 11 is 39.8. The monoisotopic (exact) mass is 493 g/mol. The first-order valence-electron chi connectivity index (χ1n) is 8.54. The Bertz CT molecular complexity index is 761. The summed E-state index contributed by atoms with van der Waals surface area (Å²) in [4.78, 5) is 28.1. The van der Waals surface area contributed by atoms with Crippen molar-refractivity contribution in [2.75, 3.05) is 6.61 Å². The highest BCUT2D eigenvalue weighted by Crippen LogP contribution is 2.81. The molecule has 4 fully saturated rings. The lowest BCUT2D eigenvalue weighted by molar-refractivity contribution is -0.192. The van der Waals surface area contributed by atoms with Crippen LogP contribution in [0.25, 0.3) is 0 Å². The molecule has 3 saturated heterocycles. The first kappa shape index (κ1) is 19.5. The third-order valence-corrected chi connectivity index (χ3v) is 10.9. The molecule has 148 valence electrons. The molecule has 0 aromatic carbocycles. The van der Waals surface area contributed by atoms with Gasteiger partial charge in [-0.15, -0.1) is 23.2 Å². The molecule has 0 N–H and O–H groups in total. The van der Waals surface area contributed by atoms with Gasteiger partial charge in [0.2, 0.25) is 0 Å². The SMILES string of the molecule is CCCON1C(=O)C2C3OC(C2C1=O)C1C3C2(Cl)C(Cl)=C(Cl)C1(Cl)C2(Cl)Cl. The second-order valence-corrected chi connectivity index (χ2v) is 10.9. The highest BCUT2D eigenvalue weighted by Gasteiger charge is 2.90. The van der Waals surface area contributed by atoms with Crippen molar-refractivity contribution < 1.29 is 19.2 Å². The fourth-order valence-electron chi connectivity index (χ4n) is 5.58. The lowest BCUT2D eigenvalue weighted by Crippen LogP contribution is -2.50. The van der Waals surface area contributed by atoms with E-state index in [0.717, 1.165) is 5.06 Å². The van der Waals surface area contributed by atoms with E-state index < -0.39 is 61.8 Å². The van der Waals surface area contributed by atoms with Crippen molar-refractivity contribution in [1.29, 1.82) is 0 Å². The molecule has 11 heteroatoms. The molecule has 0 radical (unpaired) electrons. The number of amides is 2. The maximum Gasteiger partial charge on any atom is 0.260 e. The smallest absolute Gasteiger partial charge is 0.260 e. The first-order chi connectivity index (χ1) is 12.6. The van der Waals surface area contributed by atoms with Crippen molar-refractivity contribution in [3.8, 4) is 0 Å². The quantitative estimate of drug-likeness (QED) is 0.441. The number of carbonyl (C=O) groups is 2. The second kappa shape index (κ2) is 5.61. The van der Waals surface area contributed by atoms with Crippen LogP contribution in [0.5, 0.6) is 0 Å². The summed E-state index contributed by atoms with van der Waals surface area (Å²) in [5, 5.41) is 0.975. The summed E-state index contributed by atoms with van der Waals surface area (Å²) in [6, 6.07) is 0. The van der Waals surface area contributed by atoms with Crippen LogP contribution in [0, 0.1) is 23.7 Å². The van der Waals surface area contributed by atoms with Gasteiger partial charge in [-0.05, 0) is 6.42 Å². The number of carbonyl (C=O) groups excluding carboxylic acids is 2. The standard InChI is InChI=1S/C16H13Cl6NO4/c1-2-3-26-23-12(24)4-5(13(23)25)9-7-6(8(4)27-9)14(19)10(17)11(18)15(7,20)16(14,21)22/h4-9H,2-3H2,1H3. The molecule has 5 nitrogen and oxygen atoms in total.